The highest BCUT2D eigenvalue weighted by Gasteiger charge is 2.05. The van der Waals surface area contributed by atoms with Gasteiger partial charge in [0, 0.05) is 239 Å². The van der Waals surface area contributed by atoms with Crippen molar-refractivity contribution in [2.45, 2.75) is 62.3 Å². The zero-order chi connectivity index (χ0) is 81.9. The molecule has 0 amide bonds. The van der Waals surface area contributed by atoms with Crippen molar-refractivity contribution in [2.24, 2.45) is 0 Å². The van der Waals surface area contributed by atoms with E-state index in [0.29, 0.717) is 0 Å². The number of rotatable bonds is 9. The third-order valence-electron chi connectivity index (χ3n) is 16.8. The maximum absolute atomic E-state index is 4.42. The molecule has 0 unspecified atom stereocenters. The van der Waals surface area contributed by atoms with Crippen LogP contribution in [0.2, 0.25) is 0 Å². The average Bonchev–Trinajstić information content (AvgIpc) is 0.978. The fourth-order valence-corrected chi connectivity index (χ4v) is 10.9. The predicted molar refractivity (Wildman–Crippen MR) is 470 cm³/mol. The van der Waals surface area contributed by atoms with Crippen LogP contribution in [0.1, 0.15) is 50.9 Å². The molecule has 0 spiro atoms. The van der Waals surface area contributed by atoms with Crippen LogP contribution in [0.4, 0.5) is 0 Å². The fourth-order valence-electron chi connectivity index (χ4n) is 10.9. The summed E-state index contributed by atoms with van der Waals surface area (Å²) in [6.07, 6.45) is 43.5. The lowest BCUT2D eigenvalue weighted by atomic mass is 10.1. The quantitative estimate of drug-likeness (QED) is 0.131. The highest BCUT2D eigenvalue weighted by atomic mass is 14.8. The third kappa shape index (κ3) is 29.4. The Labute approximate surface area is 685 Å². The number of pyridine rings is 18. The highest BCUT2D eigenvalue weighted by Crippen LogP contribution is 2.23. The van der Waals surface area contributed by atoms with E-state index in [1.54, 1.807) is 74.4 Å². The van der Waals surface area contributed by atoms with E-state index < -0.39 is 0 Å². The second-order valence-corrected chi connectivity index (χ2v) is 26.4. The Bertz CT molecular complexity index is 5000. The predicted octanol–water partition coefficient (Wildman–Crippen LogP) is 22.1. The van der Waals surface area contributed by atoms with Crippen LogP contribution in [-0.2, 0) is 0 Å². The average molecular weight is 1530 g/mol. The summed E-state index contributed by atoms with van der Waals surface area (Å²) in [6.45, 7) is 18.0. The van der Waals surface area contributed by atoms with Crippen LogP contribution in [0, 0.1) is 62.3 Å². The summed E-state index contributed by atoms with van der Waals surface area (Å²) in [6, 6.07) is 77.6. The molecule has 0 radical (unpaired) electrons. The standard InChI is InChI=1S/9C11H10N2/c1-9-6-11(8-13-7-9)10-2-4-12-5-3-10;1-9-4-2-6-11(13-9)10-5-3-7-12-8-10;1-9-2-3-11(8-13-9)10-4-6-12-7-5-10;1-9-4-5-11(8-13-9)10-3-2-6-12-7-10;1-9-5-4-7-11(13-9)10-6-2-3-8-12-10;1-9-5-11(8-13-6-9)10-3-2-4-12-7-10;1-9-3-2-4-11(13-9)10-5-7-12-8-6-10;1-9-5-6-10(8-13-9)11-4-2-3-7-12-11;1-9-6-10(8-12-7-9)11-4-2-3-5-13-11/h9*2-8H,1H3. The highest BCUT2D eigenvalue weighted by molar-refractivity contribution is 5.66. The molecule has 0 N–H and O–H groups in total. The second kappa shape index (κ2) is 46.5. The van der Waals surface area contributed by atoms with E-state index in [1.807, 2.05) is 343 Å². The maximum atomic E-state index is 4.42. The summed E-state index contributed by atoms with van der Waals surface area (Å²) in [5, 5.41) is 0. The molecule has 18 heterocycles. The molecule has 18 aromatic rings. The van der Waals surface area contributed by atoms with Crippen molar-refractivity contribution >= 4 is 0 Å². The molecule has 18 nitrogen and oxygen atoms in total. The van der Waals surface area contributed by atoms with E-state index in [-0.39, 0.29) is 0 Å². The van der Waals surface area contributed by atoms with Gasteiger partial charge in [0.05, 0.1) is 34.2 Å². The smallest absolute Gasteiger partial charge is 0.0889 e. The zero-order valence-electron chi connectivity index (χ0n) is 66.9. The van der Waals surface area contributed by atoms with Crippen molar-refractivity contribution in [1.82, 2.24) is 89.7 Å². The van der Waals surface area contributed by atoms with Crippen molar-refractivity contribution in [3.05, 3.63) is 436 Å². The Morgan fingerprint density at radius 3 is 0.846 bits per heavy atom. The summed E-state index contributed by atoms with van der Waals surface area (Å²) in [5.41, 5.74) is 28.8. The molecule has 18 rings (SSSR count). The van der Waals surface area contributed by atoms with Crippen LogP contribution >= 0.6 is 0 Å². The van der Waals surface area contributed by atoms with Crippen LogP contribution in [0.25, 0.3) is 101 Å². The van der Waals surface area contributed by atoms with Gasteiger partial charge in [0.2, 0.25) is 0 Å². The first kappa shape index (κ1) is 84.2. The molecular weight excluding hydrogens is 1440 g/mol. The molecule has 576 valence electrons. The van der Waals surface area contributed by atoms with Crippen molar-refractivity contribution in [2.75, 3.05) is 0 Å². The molecule has 0 fully saturated rings. The van der Waals surface area contributed by atoms with Crippen molar-refractivity contribution in [3.8, 4) is 101 Å². The SMILES string of the molecule is Cc1ccc(-c2ccccn2)cn1.Cc1ccc(-c2cccnc2)cn1.Cc1ccc(-c2ccncc2)cn1.Cc1cccc(-c2ccccn2)n1.Cc1cccc(-c2cccnc2)n1.Cc1cccc(-c2ccncc2)n1.Cc1cncc(-c2ccccn2)c1.Cc1cncc(-c2cccnc2)c1.Cc1cncc(-c2ccncc2)c1. The number of nitrogens with zero attached hydrogens (tertiary/aromatic N) is 18. The Kier molecular flexibility index (Phi) is 33.5. The third-order valence-corrected chi connectivity index (χ3v) is 16.8. The molecule has 0 aromatic carbocycles. The first-order valence-corrected chi connectivity index (χ1v) is 37.8. The maximum Gasteiger partial charge on any atom is 0.0889 e. The number of hydrogen-bond donors (Lipinski definition) is 0. The molecule has 0 atom stereocenters. The lowest BCUT2D eigenvalue weighted by Gasteiger charge is -2.00. The van der Waals surface area contributed by atoms with Crippen LogP contribution in [-0.4, -0.2) is 89.7 Å². The summed E-state index contributed by atoms with van der Waals surface area (Å²) in [7, 11) is 0. The Hall–Kier alpha value is -15.3. The van der Waals surface area contributed by atoms with Crippen molar-refractivity contribution in [1.29, 1.82) is 0 Å². The molecule has 0 bridgehead atoms. The number of hydrogen-bond acceptors (Lipinski definition) is 18. The van der Waals surface area contributed by atoms with Crippen LogP contribution < -0.4 is 0 Å². The first-order chi connectivity index (χ1) is 57.2. The largest absolute Gasteiger partial charge is 0.265 e. The van der Waals surface area contributed by atoms with Crippen LogP contribution in [0.5, 0.6) is 0 Å². The van der Waals surface area contributed by atoms with Crippen LogP contribution in [0.3, 0.4) is 0 Å². The van der Waals surface area contributed by atoms with E-state index in [2.05, 4.69) is 120 Å². The van der Waals surface area contributed by atoms with Gasteiger partial charge in [0.15, 0.2) is 0 Å². The van der Waals surface area contributed by atoms with Gasteiger partial charge in [0.1, 0.15) is 0 Å². The summed E-state index contributed by atoms with van der Waals surface area (Å²) in [4.78, 5) is 75.1. The topological polar surface area (TPSA) is 232 Å². The molecule has 18 aromatic heterocycles. The molecule has 0 aliphatic heterocycles. The second-order valence-electron chi connectivity index (χ2n) is 26.4. The molecule has 0 saturated carbocycles. The Balaban J connectivity index is 0.000000139. The van der Waals surface area contributed by atoms with Crippen LogP contribution in [0.15, 0.2) is 385 Å². The van der Waals surface area contributed by atoms with Gasteiger partial charge < -0.3 is 0 Å². The van der Waals surface area contributed by atoms with E-state index in [9.17, 15) is 0 Å². The van der Waals surface area contributed by atoms with Gasteiger partial charge in [-0.05, 0) is 266 Å². The van der Waals surface area contributed by atoms with Gasteiger partial charge in [-0.15, -0.1) is 0 Å². The fraction of sp³-hybridized carbons (Fsp3) is 0.0909. The Morgan fingerprint density at radius 2 is 0.453 bits per heavy atom. The Morgan fingerprint density at radius 1 is 0.145 bits per heavy atom. The van der Waals surface area contributed by atoms with Crippen molar-refractivity contribution < 1.29 is 0 Å². The molecule has 117 heavy (non-hydrogen) atoms. The van der Waals surface area contributed by atoms with E-state index in [1.165, 1.54) is 11.1 Å². The van der Waals surface area contributed by atoms with Gasteiger partial charge in [-0.25, -0.2) is 0 Å². The molecule has 0 aliphatic carbocycles. The minimum absolute atomic E-state index is 0.922. The van der Waals surface area contributed by atoms with Gasteiger partial charge in [0.25, 0.3) is 0 Å². The molecular formula is C99H90N18. The van der Waals surface area contributed by atoms with E-state index >= 15 is 0 Å². The lowest BCUT2D eigenvalue weighted by molar-refractivity contribution is 1.18. The lowest BCUT2D eigenvalue weighted by Crippen LogP contribution is -1.87. The minimum Gasteiger partial charge on any atom is -0.265 e. The summed E-state index contributed by atoms with van der Waals surface area (Å²) >= 11 is 0. The molecule has 0 aliphatic rings. The first-order valence-electron chi connectivity index (χ1n) is 37.8. The summed E-state index contributed by atoms with van der Waals surface area (Å²) < 4.78 is 0. The normalized spacial score (nSPS) is 9.92. The zero-order valence-corrected chi connectivity index (χ0v) is 66.9. The molecule has 0 saturated heterocycles. The number of aryl methyl sites for hydroxylation is 9. The monoisotopic (exact) mass is 1530 g/mol. The van der Waals surface area contributed by atoms with Crippen molar-refractivity contribution in [3.63, 3.8) is 0 Å². The van der Waals surface area contributed by atoms with Gasteiger partial charge in [-0.2, -0.15) is 0 Å². The van der Waals surface area contributed by atoms with Gasteiger partial charge in [-0.1, -0.05) is 60.7 Å². The molecule has 18 heteroatoms. The summed E-state index contributed by atoms with van der Waals surface area (Å²) in [5.74, 6) is 0. The van der Waals surface area contributed by atoms with E-state index in [0.717, 1.165) is 141 Å². The number of aromatic nitrogens is 18. The van der Waals surface area contributed by atoms with Gasteiger partial charge in [-0.3, -0.25) is 89.7 Å². The minimum atomic E-state index is 0.922. The van der Waals surface area contributed by atoms with E-state index in [4.69, 9.17) is 0 Å². The van der Waals surface area contributed by atoms with Gasteiger partial charge >= 0.3 is 0 Å².